The molecule has 0 aromatic carbocycles. The van der Waals surface area contributed by atoms with Crippen LogP contribution in [0.25, 0.3) is 0 Å². The summed E-state index contributed by atoms with van der Waals surface area (Å²) < 4.78 is 17.0. The maximum atomic E-state index is 11.9. The van der Waals surface area contributed by atoms with Gasteiger partial charge in [0.1, 0.15) is 17.0 Å². The molecule has 0 bridgehead atoms. The molecule has 0 saturated heterocycles. The molecule has 1 aliphatic heterocycles. The maximum Gasteiger partial charge on any atom is 0.212 e. The lowest BCUT2D eigenvalue weighted by Crippen LogP contribution is -2.46. The number of hydrogen-bond donors (Lipinski definition) is 1. The summed E-state index contributed by atoms with van der Waals surface area (Å²) in [6.07, 6.45) is 5.62. The third kappa shape index (κ3) is 3.08. The fourth-order valence-corrected chi connectivity index (χ4v) is 3.22. The van der Waals surface area contributed by atoms with Gasteiger partial charge in [0.25, 0.3) is 0 Å². The zero-order chi connectivity index (χ0) is 18.0. The minimum absolute atomic E-state index is 0.417. The summed E-state index contributed by atoms with van der Waals surface area (Å²) in [6, 6.07) is 5.21. The standard InChI is InChI=1S/C16H18N6O2S/c1-10-21-12(8-14(22-10)25(3)23)16(15(17)18-6-7-20-16)11-4-5-13(24-2)19-9-11/h4-9,15H,17H2,1-3H3. The molecule has 8 nitrogen and oxygen atoms in total. The van der Waals surface area contributed by atoms with Crippen LogP contribution in [0.5, 0.6) is 5.88 Å². The fraction of sp³-hybridized carbons (Fsp3) is 0.312. The first kappa shape index (κ1) is 17.3. The average molecular weight is 358 g/mol. The minimum Gasteiger partial charge on any atom is -0.481 e. The summed E-state index contributed by atoms with van der Waals surface area (Å²) >= 11 is 0. The molecule has 3 rings (SSSR count). The van der Waals surface area contributed by atoms with Gasteiger partial charge >= 0.3 is 0 Å². The van der Waals surface area contributed by atoms with Crippen molar-refractivity contribution in [2.24, 2.45) is 15.7 Å². The van der Waals surface area contributed by atoms with Gasteiger partial charge in [0, 0.05) is 36.5 Å². The summed E-state index contributed by atoms with van der Waals surface area (Å²) in [4.78, 5) is 21.9. The summed E-state index contributed by atoms with van der Waals surface area (Å²) in [5.74, 6) is 0.963. The number of pyridine rings is 1. The van der Waals surface area contributed by atoms with Crippen molar-refractivity contribution in [1.29, 1.82) is 0 Å². The number of aromatic nitrogens is 3. The lowest BCUT2D eigenvalue weighted by molar-refractivity contribution is 0.392. The maximum absolute atomic E-state index is 11.9. The van der Waals surface area contributed by atoms with E-state index in [1.165, 1.54) is 0 Å². The van der Waals surface area contributed by atoms with Gasteiger partial charge < -0.3 is 10.5 Å². The van der Waals surface area contributed by atoms with Crippen molar-refractivity contribution in [3.05, 3.63) is 41.5 Å². The summed E-state index contributed by atoms with van der Waals surface area (Å²) in [6.45, 7) is 1.74. The molecule has 3 heterocycles. The summed E-state index contributed by atoms with van der Waals surface area (Å²) in [5.41, 5.74) is 6.48. The van der Waals surface area contributed by atoms with Gasteiger partial charge in [-0.2, -0.15) is 0 Å². The third-order valence-corrected chi connectivity index (χ3v) is 4.70. The van der Waals surface area contributed by atoms with Crippen LogP contribution >= 0.6 is 0 Å². The van der Waals surface area contributed by atoms with E-state index in [1.807, 2.05) is 6.07 Å². The van der Waals surface area contributed by atoms with Crippen LogP contribution in [-0.4, -0.2) is 51.1 Å². The van der Waals surface area contributed by atoms with Crippen LogP contribution in [0, 0.1) is 6.92 Å². The normalized spacial score (nSPS) is 23.4. The van der Waals surface area contributed by atoms with Crippen LogP contribution in [-0.2, 0) is 16.3 Å². The second-order valence-electron chi connectivity index (χ2n) is 5.47. The number of aryl methyl sites for hydroxylation is 1. The molecule has 2 aromatic heterocycles. The molecule has 3 unspecified atom stereocenters. The van der Waals surface area contributed by atoms with Gasteiger partial charge in [-0.05, 0) is 19.1 Å². The monoisotopic (exact) mass is 358 g/mol. The van der Waals surface area contributed by atoms with E-state index in [0.717, 1.165) is 0 Å². The highest BCUT2D eigenvalue weighted by molar-refractivity contribution is 7.84. The van der Waals surface area contributed by atoms with Crippen molar-refractivity contribution >= 4 is 23.2 Å². The zero-order valence-corrected chi connectivity index (χ0v) is 14.9. The minimum atomic E-state index is -1.26. The molecule has 2 aromatic rings. The van der Waals surface area contributed by atoms with Gasteiger partial charge in [-0.15, -0.1) is 0 Å². The van der Waals surface area contributed by atoms with Gasteiger partial charge in [-0.3, -0.25) is 14.2 Å². The highest BCUT2D eigenvalue weighted by Crippen LogP contribution is 2.37. The highest BCUT2D eigenvalue weighted by Gasteiger charge is 2.43. The van der Waals surface area contributed by atoms with Gasteiger partial charge in [-0.25, -0.2) is 15.0 Å². The molecule has 25 heavy (non-hydrogen) atoms. The first-order chi connectivity index (χ1) is 12.0. The van der Waals surface area contributed by atoms with E-state index >= 15 is 0 Å². The first-order valence-corrected chi connectivity index (χ1v) is 9.06. The van der Waals surface area contributed by atoms with Crippen LogP contribution in [0.2, 0.25) is 0 Å². The smallest absolute Gasteiger partial charge is 0.212 e. The molecular formula is C16H18N6O2S. The van der Waals surface area contributed by atoms with Gasteiger partial charge in [0.2, 0.25) is 5.88 Å². The van der Waals surface area contributed by atoms with Crippen molar-refractivity contribution in [3.8, 4) is 5.88 Å². The van der Waals surface area contributed by atoms with Crippen molar-refractivity contribution in [2.45, 2.75) is 23.7 Å². The Balaban J connectivity index is 2.24. The van der Waals surface area contributed by atoms with E-state index < -0.39 is 22.5 Å². The first-order valence-electron chi connectivity index (χ1n) is 7.50. The van der Waals surface area contributed by atoms with E-state index in [0.29, 0.717) is 28.0 Å². The predicted octanol–water partition coefficient (Wildman–Crippen LogP) is 0.610. The number of methoxy groups -OCH3 is 1. The van der Waals surface area contributed by atoms with E-state index in [2.05, 4.69) is 24.9 Å². The Hall–Kier alpha value is -2.52. The topological polar surface area (TPSA) is 116 Å². The Bertz CT molecular complexity index is 867. The highest BCUT2D eigenvalue weighted by atomic mass is 32.2. The Morgan fingerprint density at radius 3 is 2.68 bits per heavy atom. The van der Waals surface area contributed by atoms with E-state index in [1.54, 1.807) is 51.0 Å². The Kier molecular flexibility index (Phi) is 4.69. The van der Waals surface area contributed by atoms with Crippen molar-refractivity contribution in [2.75, 3.05) is 13.4 Å². The average Bonchev–Trinajstić information content (AvgIpc) is 2.62. The molecule has 0 radical (unpaired) electrons. The number of nitrogens with zero attached hydrogens (tertiary/aromatic N) is 5. The molecule has 0 aliphatic carbocycles. The molecule has 1 aliphatic rings. The molecule has 0 amide bonds. The van der Waals surface area contributed by atoms with Gasteiger partial charge in [-0.1, -0.05) is 0 Å². The lowest BCUT2D eigenvalue weighted by atomic mass is 9.84. The number of rotatable bonds is 4. The number of nitrogens with two attached hydrogens (primary N) is 1. The SMILES string of the molecule is COc1ccc(C2(c3cc(S(C)=O)nc(C)n3)N=CC=NC2N)cn1. The third-order valence-electron chi connectivity index (χ3n) is 3.90. The Morgan fingerprint density at radius 1 is 1.28 bits per heavy atom. The number of aliphatic imine (C=N–C) groups is 2. The number of hydrogen-bond acceptors (Lipinski definition) is 8. The van der Waals surface area contributed by atoms with Crippen LogP contribution in [0.4, 0.5) is 0 Å². The fourth-order valence-electron chi connectivity index (χ4n) is 2.69. The summed E-state index contributed by atoms with van der Waals surface area (Å²) in [7, 11) is 0.282. The second-order valence-corrected chi connectivity index (χ2v) is 6.80. The molecule has 0 spiro atoms. The molecule has 0 fully saturated rings. The molecular weight excluding hydrogens is 340 g/mol. The van der Waals surface area contributed by atoms with Crippen LogP contribution in [0.1, 0.15) is 17.1 Å². The van der Waals surface area contributed by atoms with Gasteiger partial charge in [0.15, 0.2) is 5.54 Å². The summed E-state index contributed by atoms with van der Waals surface area (Å²) in [5, 5.41) is 0.417. The molecule has 130 valence electrons. The van der Waals surface area contributed by atoms with Crippen molar-refractivity contribution in [3.63, 3.8) is 0 Å². The predicted molar refractivity (Wildman–Crippen MR) is 95.6 cm³/mol. The van der Waals surface area contributed by atoms with Crippen molar-refractivity contribution in [1.82, 2.24) is 15.0 Å². The Morgan fingerprint density at radius 2 is 2.08 bits per heavy atom. The van der Waals surface area contributed by atoms with Crippen LogP contribution in [0.15, 0.2) is 39.4 Å². The van der Waals surface area contributed by atoms with Gasteiger partial charge in [0.05, 0.1) is 23.6 Å². The molecule has 0 saturated carbocycles. The quantitative estimate of drug-likeness (QED) is 0.801. The van der Waals surface area contributed by atoms with E-state index in [9.17, 15) is 4.21 Å². The molecule has 3 atom stereocenters. The van der Waals surface area contributed by atoms with Crippen LogP contribution < -0.4 is 10.5 Å². The lowest BCUT2D eigenvalue weighted by Gasteiger charge is -2.34. The zero-order valence-electron chi connectivity index (χ0n) is 14.1. The van der Waals surface area contributed by atoms with E-state index in [-0.39, 0.29) is 0 Å². The molecule has 2 N–H and O–H groups in total. The van der Waals surface area contributed by atoms with Crippen LogP contribution in [0.3, 0.4) is 0 Å². The van der Waals surface area contributed by atoms with E-state index in [4.69, 9.17) is 10.5 Å². The molecule has 9 heteroatoms. The Labute approximate surface area is 147 Å². The second kappa shape index (κ2) is 6.77. The number of ether oxygens (including phenoxy) is 1. The van der Waals surface area contributed by atoms with Crippen molar-refractivity contribution < 1.29 is 8.95 Å². The largest absolute Gasteiger partial charge is 0.481 e.